The Morgan fingerprint density at radius 3 is 2.50 bits per heavy atom. The average molecular weight is 188 g/mol. The Morgan fingerprint density at radius 2 is 2.00 bits per heavy atom. The average Bonchev–Trinajstić information content (AvgIpc) is 3.00. The summed E-state index contributed by atoms with van der Waals surface area (Å²) >= 11 is 0. The van der Waals surface area contributed by atoms with Crippen LogP contribution < -0.4 is 0 Å². The lowest BCUT2D eigenvalue weighted by atomic mass is 9.88. The minimum absolute atomic E-state index is 0.0372. The third kappa shape index (κ3) is 1.48. The lowest BCUT2D eigenvalue weighted by molar-refractivity contribution is 0.134. The molecule has 1 unspecified atom stereocenters. The van der Waals surface area contributed by atoms with Gasteiger partial charge in [-0.15, -0.1) is 6.58 Å². The van der Waals surface area contributed by atoms with E-state index in [9.17, 15) is 5.11 Å². The Bertz CT molecular complexity index is 311. The molecule has 1 aromatic rings. The molecule has 0 spiro atoms. The number of rotatable bonds is 4. The summed E-state index contributed by atoms with van der Waals surface area (Å²) in [6.07, 6.45) is 4.43. The molecule has 0 bridgehead atoms. The first-order valence-electron chi connectivity index (χ1n) is 5.14. The summed E-state index contributed by atoms with van der Waals surface area (Å²) in [6.45, 7) is 3.68. The molecule has 74 valence electrons. The molecule has 1 aliphatic carbocycles. The van der Waals surface area contributed by atoms with Gasteiger partial charge in [-0.3, -0.25) is 0 Å². The fourth-order valence-corrected chi connectivity index (χ4v) is 2.10. The molecule has 1 heteroatoms. The third-order valence-corrected chi connectivity index (χ3v) is 3.17. The zero-order valence-corrected chi connectivity index (χ0v) is 8.32. The molecular weight excluding hydrogens is 172 g/mol. The van der Waals surface area contributed by atoms with Crippen molar-refractivity contribution in [3.8, 4) is 0 Å². The molecule has 2 rings (SSSR count). The molecule has 0 radical (unpaired) electrons. The second-order valence-corrected chi connectivity index (χ2v) is 4.06. The Balaban J connectivity index is 2.21. The van der Waals surface area contributed by atoms with Crippen molar-refractivity contribution in [3.63, 3.8) is 0 Å². The van der Waals surface area contributed by atoms with E-state index in [0.29, 0.717) is 6.42 Å². The van der Waals surface area contributed by atoms with Crippen LogP contribution in [0.1, 0.15) is 24.8 Å². The third-order valence-electron chi connectivity index (χ3n) is 3.17. The Morgan fingerprint density at radius 1 is 1.36 bits per heavy atom. The van der Waals surface area contributed by atoms with E-state index in [-0.39, 0.29) is 11.5 Å². The molecule has 1 aromatic carbocycles. The normalized spacial score (nSPS) is 20.1. The van der Waals surface area contributed by atoms with Crippen molar-refractivity contribution in [2.75, 3.05) is 0 Å². The van der Waals surface area contributed by atoms with Crippen molar-refractivity contribution in [1.29, 1.82) is 0 Å². The summed E-state index contributed by atoms with van der Waals surface area (Å²) in [5.74, 6) is 0. The monoisotopic (exact) mass is 188 g/mol. The quantitative estimate of drug-likeness (QED) is 0.720. The van der Waals surface area contributed by atoms with Crippen molar-refractivity contribution in [1.82, 2.24) is 0 Å². The van der Waals surface area contributed by atoms with Gasteiger partial charge in [0.25, 0.3) is 0 Å². The van der Waals surface area contributed by atoms with Crippen LogP contribution in [0.3, 0.4) is 0 Å². The minimum atomic E-state index is -0.262. The first-order chi connectivity index (χ1) is 6.79. The fourth-order valence-electron chi connectivity index (χ4n) is 2.10. The highest BCUT2D eigenvalue weighted by atomic mass is 16.3. The minimum Gasteiger partial charge on any atom is -0.392 e. The van der Waals surface area contributed by atoms with E-state index in [1.54, 1.807) is 6.08 Å². The summed E-state index contributed by atoms with van der Waals surface area (Å²) in [5, 5.41) is 10.0. The van der Waals surface area contributed by atoms with Crippen molar-refractivity contribution in [3.05, 3.63) is 48.6 Å². The number of benzene rings is 1. The van der Waals surface area contributed by atoms with Gasteiger partial charge in [0.1, 0.15) is 0 Å². The topological polar surface area (TPSA) is 20.2 Å². The molecule has 1 fully saturated rings. The zero-order valence-electron chi connectivity index (χ0n) is 8.32. The van der Waals surface area contributed by atoms with Crippen LogP contribution in [0, 0.1) is 0 Å². The molecule has 0 saturated heterocycles. The molecule has 0 aliphatic heterocycles. The summed E-state index contributed by atoms with van der Waals surface area (Å²) in [5.41, 5.74) is 1.31. The van der Waals surface area contributed by atoms with Gasteiger partial charge >= 0.3 is 0 Å². The maximum atomic E-state index is 10.0. The van der Waals surface area contributed by atoms with Gasteiger partial charge in [0.15, 0.2) is 0 Å². The lowest BCUT2D eigenvalue weighted by Gasteiger charge is -2.21. The summed E-state index contributed by atoms with van der Waals surface area (Å²) < 4.78 is 0. The van der Waals surface area contributed by atoms with Crippen LogP contribution >= 0.6 is 0 Å². The number of aliphatic hydroxyl groups is 1. The molecule has 1 aliphatic rings. The maximum absolute atomic E-state index is 10.0. The van der Waals surface area contributed by atoms with Gasteiger partial charge in [-0.1, -0.05) is 36.4 Å². The van der Waals surface area contributed by atoms with Gasteiger partial charge in [0.05, 0.1) is 6.10 Å². The van der Waals surface area contributed by atoms with E-state index >= 15 is 0 Å². The highest BCUT2D eigenvalue weighted by Crippen LogP contribution is 2.51. The van der Waals surface area contributed by atoms with Gasteiger partial charge < -0.3 is 5.11 Å². The Labute approximate surface area is 85.1 Å². The summed E-state index contributed by atoms with van der Waals surface area (Å²) in [6, 6.07) is 10.3. The first kappa shape index (κ1) is 9.47. The van der Waals surface area contributed by atoms with Gasteiger partial charge in [0, 0.05) is 5.41 Å². The summed E-state index contributed by atoms with van der Waals surface area (Å²) in [7, 11) is 0. The zero-order chi connectivity index (χ0) is 10.0. The van der Waals surface area contributed by atoms with Crippen molar-refractivity contribution < 1.29 is 5.11 Å². The molecule has 1 nitrogen and oxygen atoms in total. The number of hydrogen-bond acceptors (Lipinski definition) is 1. The molecule has 14 heavy (non-hydrogen) atoms. The van der Waals surface area contributed by atoms with Crippen LogP contribution in [0.25, 0.3) is 0 Å². The van der Waals surface area contributed by atoms with Crippen LogP contribution in [0.5, 0.6) is 0 Å². The van der Waals surface area contributed by atoms with Crippen molar-refractivity contribution in [2.24, 2.45) is 0 Å². The number of hydrogen-bond donors (Lipinski definition) is 1. The van der Waals surface area contributed by atoms with Crippen LogP contribution in [0.4, 0.5) is 0 Å². The lowest BCUT2D eigenvalue weighted by Crippen LogP contribution is -2.25. The molecule has 0 aromatic heterocycles. The summed E-state index contributed by atoms with van der Waals surface area (Å²) in [4.78, 5) is 0. The van der Waals surface area contributed by atoms with Crippen LogP contribution in [-0.4, -0.2) is 11.2 Å². The van der Waals surface area contributed by atoms with E-state index in [2.05, 4.69) is 18.7 Å². The van der Waals surface area contributed by atoms with E-state index in [1.165, 1.54) is 5.56 Å². The fraction of sp³-hybridized carbons (Fsp3) is 0.385. The molecule has 1 N–H and O–H groups in total. The van der Waals surface area contributed by atoms with Gasteiger partial charge in [-0.05, 0) is 24.8 Å². The van der Waals surface area contributed by atoms with Crippen LogP contribution in [-0.2, 0) is 5.41 Å². The highest BCUT2D eigenvalue weighted by molar-refractivity contribution is 5.33. The SMILES string of the molecule is C=CCC(O)C1(c2ccccc2)CC1. The van der Waals surface area contributed by atoms with E-state index in [0.717, 1.165) is 12.8 Å². The molecule has 1 saturated carbocycles. The second-order valence-electron chi connectivity index (χ2n) is 4.06. The van der Waals surface area contributed by atoms with E-state index in [4.69, 9.17) is 0 Å². The highest BCUT2D eigenvalue weighted by Gasteiger charge is 2.49. The van der Waals surface area contributed by atoms with Crippen molar-refractivity contribution >= 4 is 0 Å². The predicted molar refractivity (Wildman–Crippen MR) is 58.2 cm³/mol. The molecule has 0 heterocycles. The van der Waals surface area contributed by atoms with Gasteiger partial charge in [-0.25, -0.2) is 0 Å². The van der Waals surface area contributed by atoms with E-state index < -0.39 is 0 Å². The maximum Gasteiger partial charge on any atom is 0.0671 e. The standard InChI is InChI=1S/C13H16O/c1-2-6-12(14)13(9-10-13)11-7-4-3-5-8-11/h2-5,7-8,12,14H,1,6,9-10H2. The second kappa shape index (κ2) is 3.58. The van der Waals surface area contributed by atoms with Gasteiger partial charge in [-0.2, -0.15) is 0 Å². The molecular formula is C13H16O. The van der Waals surface area contributed by atoms with E-state index in [1.807, 2.05) is 18.2 Å². The molecule has 1 atom stereocenters. The van der Waals surface area contributed by atoms with Crippen LogP contribution in [0.2, 0.25) is 0 Å². The number of aliphatic hydroxyl groups excluding tert-OH is 1. The smallest absolute Gasteiger partial charge is 0.0671 e. The first-order valence-corrected chi connectivity index (χ1v) is 5.14. The van der Waals surface area contributed by atoms with Gasteiger partial charge in [0.2, 0.25) is 0 Å². The predicted octanol–water partition coefficient (Wildman–Crippen LogP) is 2.66. The van der Waals surface area contributed by atoms with Crippen molar-refractivity contribution in [2.45, 2.75) is 30.8 Å². The Kier molecular flexibility index (Phi) is 2.42. The largest absolute Gasteiger partial charge is 0.392 e. The van der Waals surface area contributed by atoms with Crippen LogP contribution in [0.15, 0.2) is 43.0 Å². The molecule has 0 amide bonds. The Hall–Kier alpha value is -1.08.